The second-order valence-corrected chi connectivity index (χ2v) is 4.89. The van der Waals surface area contributed by atoms with E-state index < -0.39 is 0 Å². The average molecular weight is 307 g/mol. The number of nitrogens with zero attached hydrogens (tertiary/aromatic N) is 2. The van der Waals surface area contributed by atoms with E-state index in [4.69, 9.17) is 9.47 Å². The van der Waals surface area contributed by atoms with Crippen LogP contribution < -0.4 is 9.47 Å². The summed E-state index contributed by atoms with van der Waals surface area (Å²) in [7, 11) is 0. The summed E-state index contributed by atoms with van der Waals surface area (Å²) in [6.45, 7) is 4.26. The summed E-state index contributed by atoms with van der Waals surface area (Å²) in [5.74, 6) is 1.56. The maximum atomic E-state index is 5.40. The highest BCUT2D eigenvalue weighted by molar-refractivity contribution is 9.10. The highest BCUT2D eigenvalue weighted by Gasteiger charge is 2.17. The fraction of sp³-hybridized carbons (Fsp3) is 0.231. The number of benzene rings is 1. The van der Waals surface area contributed by atoms with Gasteiger partial charge in [0.25, 0.3) is 0 Å². The van der Waals surface area contributed by atoms with Crippen molar-refractivity contribution < 1.29 is 9.47 Å². The van der Waals surface area contributed by atoms with Crippen LogP contribution in [0.2, 0.25) is 0 Å². The lowest BCUT2D eigenvalue weighted by Gasteiger charge is -2.08. The van der Waals surface area contributed by atoms with Gasteiger partial charge in [0, 0.05) is 11.3 Å². The topological polar surface area (TPSA) is 44.2 Å². The minimum Gasteiger partial charge on any atom is -0.454 e. The second kappa shape index (κ2) is 4.24. The maximum absolute atomic E-state index is 5.40. The van der Waals surface area contributed by atoms with Gasteiger partial charge < -0.3 is 9.47 Å². The molecule has 0 amide bonds. The molecule has 0 radical (unpaired) electrons. The Kier molecular flexibility index (Phi) is 2.70. The quantitative estimate of drug-likeness (QED) is 0.759. The van der Waals surface area contributed by atoms with Crippen molar-refractivity contribution in [2.45, 2.75) is 13.8 Å². The highest BCUT2D eigenvalue weighted by atomic mass is 79.9. The third-order valence-corrected chi connectivity index (χ3v) is 3.18. The van der Waals surface area contributed by atoms with Crippen LogP contribution in [0.5, 0.6) is 11.5 Å². The van der Waals surface area contributed by atoms with Crippen molar-refractivity contribution in [1.29, 1.82) is 0 Å². The first-order chi connectivity index (χ1) is 8.63. The summed E-state index contributed by atoms with van der Waals surface area (Å²) in [5.41, 5.74) is 3.93. The fourth-order valence-electron chi connectivity index (χ4n) is 1.99. The molecule has 0 saturated carbocycles. The molecule has 3 rings (SSSR count). The normalized spacial score (nSPS) is 12.8. The average Bonchev–Trinajstić information content (AvgIpc) is 2.73. The van der Waals surface area contributed by atoms with Crippen molar-refractivity contribution in [1.82, 2.24) is 9.97 Å². The van der Waals surface area contributed by atoms with Crippen molar-refractivity contribution in [2.75, 3.05) is 6.79 Å². The molecule has 0 unspecified atom stereocenters. The van der Waals surface area contributed by atoms with E-state index in [1.54, 1.807) is 0 Å². The van der Waals surface area contributed by atoms with E-state index in [2.05, 4.69) is 25.9 Å². The predicted octanol–water partition coefficient (Wildman–Crippen LogP) is 3.25. The van der Waals surface area contributed by atoms with Crippen molar-refractivity contribution in [2.24, 2.45) is 0 Å². The molecule has 0 N–H and O–H groups in total. The molecule has 4 nitrogen and oxygen atoms in total. The Labute approximate surface area is 113 Å². The summed E-state index contributed by atoms with van der Waals surface area (Å²) < 4.78 is 11.3. The first-order valence-corrected chi connectivity index (χ1v) is 6.34. The lowest BCUT2D eigenvalue weighted by atomic mass is 10.0. The minimum atomic E-state index is 0.282. The van der Waals surface area contributed by atoms with Crippen LogP contribution in [0, 0.1) is 13.8 Å². The Bertz CT molecular complexity index is 608. The number of rotatable bonds is 1. The van der Waals surface area contributed by atoms with Gasteiger partial charge in [0.1, 0.15) is 0 Å². The molecule has 18 heavy (non-hydrogen) atoms. The van der Waals surface area contributed by atoms with Crippen LogP contribution >= 0.6 is 15.9 Å². The van der Waals surface area contributed by atoms with Crippen LogP contribution in [0.3, 0.4) is 0 Å². The van der Waals surface area contributed by atoms with Crippen molar-refractivity contribution >= 4 is 15.9 Å². The van der Waals surface area contributed by atoms with E-state index >= 15 is 0 Å². The second-order valence-electron chi connectivity index (χ2n) is 4.18. The third-order valence-electron chi connectivity index (χ3n) is 2.82. The first-order valence-electron chi connectivity index (χ1n) is 5.55. The zero-order valence-electron chi connectivity index (χ0n) is 10.0. The number of aromatic nitrogens is 2. The molecule has 1 aromatic heterocycles. The smallest absolute Gasteiger partial charge is 0.231 e. The molecule has 5 heteroatoms. The zero-order valence-corrected chi connectivity index (χ0v) is 11.6. The summed E-state index contributed by atoms with van der Waals surface area (Å²) in [6, 6.07) is 5.89. The predicted molar refractivity (Wildman–Crippen MR) is 70.8 cm³/mol. The molecule has 1 aliphatic rings. The van der Waals surface area contributed by atoms with Crippen LogP contribution in [0.25, 0.3) is 11.3 Å². The zero-order chi connectivity index (χ0) is 12.7. The van der Waals surface area contributed by atoms with Gasteiger partial charge in [-0.2, -0.15) is 0 Å². The number of fused-ring (bicyclic) bond motifs is 1. The molecule has 1 aromatic carbocycles. The molecule has 2 heterocycles. The van der Waals surface area contributed by atoms with Gasteiger partial charge in [0.15, 0.2) is 16.2 Å². The third kappa shape index (κ3) is 1.95. The molecule has 92 valence electrons. The molecule has 0 spiro atoms. The van der Waals surface area contributed by atoms with Crippen molar-refractivity contribution in [3.05, 3.63) is 34.2 Å². The molecule has 0 atom stereocenters. The Morgan fingerprint density at radius 3 is 2.50 bits per heavy atom. The molecular formula is C13H11BrN2O2. The van der Waals surface area contributed by atoms with Crippen molar-refractivity contribution in [3.8, 4) is 22.8 Å². The molecule has 1 aliphatic heterocycles. The molecule has 0 bridgehead atoms. The van der Waals surface area contributed by atoms with Gasteiger partial charge in [-0.05, 0) is 53.5 Å². The summed E-state index contributed by atoms with van der Waals surface area (Å²) >= 11 is 3.32. The monoisotopic (exact) mass is 306 g/mol. The molecule has 0 saturated heterocycles. The molecular weight excluding hydrogens is 296 g/mol. The number of halogens is 1. The van der Waals surface area contributed by atoms with E-state index in [-0.39, 0.29) is 6.79 Å². The highest BCUT2D eigenvalue weighted by Crippen LogP contribution is 2.38. The number of aryl methyl sites for hydroxylation is 2. The van der Waals surface area contributed by atoms with E-state index in [9.17, 15) is 0 Å². The van der Waals surface area contributed by atoms with E-state index in [1.807, 2.05) is 32.0 Å². The van der Waals surface area contributed by atoms with Crippen LogP contribution in [0.15, 0.2) is 22.9 Å². The van der Waals surface area contributed by atoms with Gasteiger partial charge in [-0.15, -0.1) is 0 Å². The van der Waals surface area contributed by atoms with E-state index in [1.165, 1.54) is 0 Å². The van der Waals surface area contributed by atoms with Gasteiger partial charge in [-0.1, -0.05) is 0 Å². The van der Waals surface area contributed by atoms with Gasteiger partial charge in [0.2, 0.25) is 6.79 Å². The van der Waals surface area contributed by atoms with E-state index in [0.717, 1.165) is 34.0 Å². The Morgan fingerprint density at radius 1 is 1.06 bits per heavy atom. The molecule has 2 aromatic rings. The SMILES string of the molecule is Cc1cc(-c2cc3c(cc2C)OCO3)nc(Br)n1. The largest absolute Gasteiger partial charge is 0.454 e. The van der Waals surface area contributed by atoms with Gasteiger partial charge in [-0.25, -0.2) is 9.97 Å². The Morgan fingerprint density at radius 2 is 1.78 bits per heavy atom. The Balaban J connectivity index is 2.16. The van der Waals surface area contributed by atoms with Crippen LogP contribution in [-0.4, -0.2) is 16.8 Å². The summed E-state index contributed by atoms with van der Waals surface area (Å²) in [6.07, 6.45) is 0. The standard InChI is InChI=1S/C13H11BrN2O2/c1-7-3-11-12(18-6-17-11)5-9(7)10-4-8(2)15-13(14)16-10/h3-5H,6H2,1-2H3. The number of ether oxygens (including phenoxy) is 2. The first kappa shape index (κ1) is 11.5. The lowest BCUT2D eigenvalue weighted by Crippen LogP contribution is -1.93. The molecule has 0 aliphatic carbocycles. The summed E-state index contributed by atoms with van der Waals surface area (Å²) in [4.78, 5) is 8.61. The fourth-order valence-corrected chi connectivity index (χ4v) is 2.46. The number of hydrogen-bond donors (Lipinski definition) is 0. The van der Waals surface area contributed by atoms with Crippen LogP contribution in [0.4, 0.5) is 0 Å². The lowest BCUT2D eigenvalue weighted by molar-refractivity contribution is 0.174. The van der Waals surface area contributed by atoms with Gasteiger partial charge >= 0.3 is 0 Å². The van der Waals surface area contributed by atoms with Crippen LogP contribution in [0.1, 0.15) is 11.3 Å². The summed E-state index contributed by atoms with van der Waals surface area (Å²) in [5, 5.41) is 0. The number of hydrogen-bond acceptors (Lipinski definition) is 4. The maximum Gasteiger partial charge on any atom is 0.231 e. The van der Waals surface area contributed by atoms with E-state index in [0.29, 0.717) is 4.73 Å². The van der Waals surface area contributed by atoms with Crippen LogP contribution in [-0.2, 0) is 0 Å². The minimum absolute atomic E-state index is 0.282. The van der Waals surface area contributed by atoms with Crippen molar-refractivity contribution in [3.63, 3.8) is 0 Å². The van der Waals surface area contributed by atoms with Gasteiger partial charge in [-0.3, -0.25) is 0 Å². The Hall–Kier alpha value is -1.62. The molecule has 0 fully saturated rings. The van der Waals surface area contributed by atoms with Gasteiger partial charge in [0.05, 0.1) is 5.69 Å².